The summed E-state index contributed by atoms with van der Waals surface area (Å²) in [5.41, 5.74) is 0.132. The van der Waals surface area contributed by atoms with Crippen LogP contribution < -0.4 is 9.80 Å². The van der Waals surface area contributed by atoms with Gasteiger partial charge in [0.05, 0.1) is 22.9 Å². The van der Waals surface area contributed by atoms with Gasteiger partial charge in [-0.3, -0.25) is 9.69 Å². The van der Waals surface area contributed by atoms with Gasteiger partial charge in [0.2, 0.25) is 0 Å². The van der Waals surface area contributed by atoms with Crippen molar-refractivity contribution in [2.24, 2.45) is 0 Å². The number of carbonyl (C=O) groups is 1. The third kappa shape index (κ3) is 2.71. The minimum absolute atomic E-state index is 0.00406. The van der Waals surface area contributed by atoms with Crippen molar-refractivity contribution in [3.63, 3.8) is 0 Å². The van der Waals surface area contributed by atoms with E-state index in [-0.39, 0.29) is 16.7 Å². The van der Waals surface area contributed by atoms with Gasteiger partial charge in [-0.25, -0.2) is 0 Å². The zero-order chi connectivity index (χ0) is 19.5. The molecule has 0 bridgehead atoms. The molecule has 1 amide bonds. The maximum Gasteiger partial charge on any atom is 0.417 e. The summed E-state index contributed by atoms with van der Waals surface area (Å²) in [4.78, 5) is 15.7. The molecule has 1 fully saturated rings. The van der Waals surface area contributed by atoms with E-state index in [4.69, 9.17) is 17.5 Å². The number of rotatable bonds is 1. The van der Waals surface area contributed by atoms with Crippen LogP contribution >= 0.6 is 28.1 Å². The first kappa shape index (κ1) is 17.9. The Labute approximate surface area is 165 Å². The molecule has 136 valence electrons. The summed E-state index contributed by atoms with van der Waals surface area (Å²) in [5, 5.41) is 9.07. The lowest BCUT2D eigenvalue weighted by Crippen LogP contribution is -2.33. The number of nitriles is 1. The summed E-state index contributed by atoms with van der Waals surface area (Å²) in [7, 11) is 0. The number of nitrogens with zero attached hydrogens (tertiary/aromatic N) is 3. The van der Waals surface area contributed by atoms with E-state index in [1.54, 1.807) is 4.90 Å². The van der Waals surface area contributed by atoms with E-state index in [0.717, 1.165) is 32.8 Å². The molecule has 1 atom stereocenters. The van der Waals surface area contributed by atoms with Gasteiger partial charge in [0.15, 0.2) is 5.11 Å². The summed E-state index contributed by atoms with van der Waals surface area (Å²) < 4.78 is 40.7. The predicted octanol–water partition coefficient (Wildman–Crippen LogP) is 4.40. The number of halogens is 4. The van der Waals surface area contributed by atoms with Gasteiger partial charge in [0, 0.05) is 16.6 Å². The Morgan fingerprint density at radius 3 is 2.63 bits per heavy atom. The second-order valence-corrected chi connectivity index (χ2v) is 7.44. The quantitative estimate of drug-likeness (QED) is 0.602. The molecular formula is C18H9BrF3N3OS. The summed E-state index contributed by atoms with van der Waals surface area (Å²) >= 11 is 8.80. The Kier molecular flexibility index (Phi) is 4.01. The highest BCUT2D eigenvalue weighted by atomic mass is 79.9. The molecule has 4 rings (SSSR count). The fraction of sp³-hybridized carbons (Fsp3) is 0.167. The van der Waals surface area contributed by atoms with E-state index in [9.17, 15) is 18.0 Å². The Morgan fingerprint density at radius 1 is 1.22 bits per heavy atom. The van der Waals surface area contributed by atoms with Crippen molar-refractivity contribution in [2.45, 2.75) is 18.6 Å². The highest BCUT2D eigenvalue weighted by molar-refractivity contribution is 9.10. The van der Waals surface area contributed by atoms with Crippen LogP contribution in [0.3, 0.4) is 0 Å². The molecule has 0 aliphatic carbocycles. The van der Waals surface area contributed by atoms with Crippen molar-refractivity contribution in [1.82, 2.24) is 0 Å². The minimum Gasteiger partial charge on any atom is -0.305 e. The van der Waals surface area contributed by atoms with Crippen LogP contribution in [-0.4, -0.2) is 17.1 Å². The molecular weight excluding hydrogens is 443 g/mol. The minimum atomic E-state index is -4.71. The molecule has 2 aliphatic heterocycles. The Bertz CT molecular complexity index is 1050. The highest BCUT2D eigenvalue weighted by Crippen LogP contribution is 2.41. The molecule has 2 aromatic rings. The lowest BCUT2D eigenvalue weighted by Gasteiger charge is -2.21. The van der Waals surface area contributed by atoms with Crippen LogP contribution in [0.4, 0.5) is 24.5 Å². The number of thiocarbonyl (C=S) groups is 1. The standard InChI is InChI=1S/C18H9BrF3N3OS/c19-11-2-4-14-10(5-11)6-15-16(26)24(17(27)25(14)15)12-3-1-9(8-23)13(7-12)18(20,21)22/h1-5,7,15H,6H2. The van der Waals surface area contributed by atoms with Crippen LogP contribution in [0.15, 0.2) is 40.9 Å². The number of hydrogen-bond donors (Lipinski definition) is 0. The lowest BCUT2D eigenvalue weighted by molar-refractivity contribution is -0.137. The average Bonchev–Trinajstić information content (AvgIpc) is 3.09. The molecule has 0 N–H and O–H groups in total. The van der Waals surface area contributed by atoms with Crippen LogP contribution in [0.1, 0.15) is 16.7 Å². The van der Waals surface area contributed by atoms with Crippen LogP contribution in [0, 0.1) is 11.3 Å². The third-order valence-electron chi connectivity index (χ3n) is 4.62. The molecule has 0 saturated carbocycles. The molecule has 9 heteroatoms. The van der Waals surface area contributed by atoms with Crippen molar-refractivity contribution < 1.29 is 18.0 Å². The van der Waals surface area contributed by atoms with E-state index < -0.39 is 23.3 Å². The molecule has 1 saturated heterocycles. The number of hydrogen-bond acceptors (Lipinski definition) is 3. The fourth-order valence-corrected chi connectivity index (χ4v) is 4.28. The number of anilines is 2. The Morgan fingerprint density at radius 2 is 1.96 bits per heavy atom. The monoisotopic (exact) mass is 451 g/mol. The summed E-state index contributed by atoms with van der Waals surface area (Å²) in [5.74, 6) is -0.384. The molecule has 2 heterocycles. The van der Waals surface area contributed by atoms with Crippen LogP contribution in [0.2, 0.25) is 0 Å². The molecule has 0 spiro atoms. The normalized spacial score (nSPS) is 18.6. The van der Waals surface area contributed by atoms with Gasteiger partial charge in [-0.05, 0) is 54.2 Å². The Hall–Kier alpha value is -2.44. The highest BCUT2D eigenvalue weighted by Gasteiger charge is 2.48. The number of alkyl halides is 3. The van der Waals surface area contributed by atoms with E-state index in [1.165, 1.54) is 12.1 Å². The van der Waals surface area contributed by atoms with Gasteiger partial charge in [-0.2, -0.15) is 18.4 Å². The van der Waals surface area contributed by atoms with Gasteiger partial charge >= 0.3 is 6.18 Å². The number of benzene rings is 2. The maximum absolute atomic E-state index is 13.3. The maximum atomic E-state index is 13.3. The third-order valence-corrected chi connectivity index (χ3v) is 5.49. The Balaban J connectivity index is 1.77. The van der Waals surface area contributed by atoms with Gasteiger partial charge < -0.3 is 4.90 Å². The predicted molar refractivity (Wildman–Crippen MR) is 100 cm³/mol. The van der Waals surface area contributed by atoms with Crippen LogP contribution in [-0.2, 0) is 17.4 Å². The van der Waals surface area contributed by atoms with E-state index in [0.29, 0.717) is 6.42 Å². The van der Waals surface area contributed by atoms with Gasteiger partial charge in [-0.1, -0.05) is 15.9 Å². The average molecular weight is 452 g/mol. The molecule has 27 heavy (non-hydrogen) atoms. The molecule has 2 aromatic carbocycles. The zero-order valence-electron chi connectivity index (χ0n) is 13.4. The molecule has 0 aromatic heterocycles. The topological polar surface area (TPSA) is 47.3 Å². The van der Waals surface area contributed by atoms with Crippen molar-refractivity contribution in [1.29, 1.82) is 5.26 Å². The molecule has 1 unspecified atom stereocenters. The van der Waals surface area contributed by atoms with Gasteiger partial charge in [-0.15, -0.1) is 0 Å². The van der Waals surface area contributed by atoms with Crippen molar-refractivity contribution >= 4 is 50.5 Å². The van der Waals surface area contributed by atoms with E-state index in [2.05, 4.69) is 15.9 Å². The summed E-state index contributed by atoms with van der Waals surface area (Å²) in [6.45, 7) is 0. The second kappa shape index (κ2) is 6.04. The number of fused-ring (bicyclic) bond motifs is 3. The summed E-state index contributed by atoms with van der Waals surface area (Å²) in [6, 6.07) is 9.66. The van der Waals surface area contributed by atoms with Crippen molar-refractivity contribution in [2.75, 3.05) is 9.80 Å². The summed E-state index contributed by atoms with van der Waals surface area (Å²) in [6.07, 6.45) is -4.28. The molecule has 2 aliphatic rings. The van der Waals surface area contributed by atoms with E-state index in [1.807, 2.05) is 18.2 Å². The first-order valence-corrected chi connectivity index (χ1v) is 8.99. The largest absolute Gasteiger partial charge is 0.417 e. The second-order valence-electron chi connectivity index (χ2n) is 6.16. The van der Waals surface area contributed by atoms with Gasteiger partial charge in [0.25, 0.3) is 5.91 Å². The smallest absolute Gasteiger partial charge is 0.305 e. The van der Waals surface area contributed by atoms with Crippen LogP contribution in [0.5, 0.6) is 0 Å². The molecule has 0 radical (unpaired) electrons. The van der Waals surface area contributed by atoms with Crippen LogP contribution in [0.25, 0.3) is 0 Å². The zero-order valence-corrected chi connectivity index (χ0v) is 15.8. The lowest BCUT2D eigenvalue weighted by atomic mass is 10.1. The SMILES string of the molecule is N#Cc1ccc(N2C(=O)C3Cc4cc(Br)ccc4N3C2=S)cc1C(F)(F)F. The number of carbonyl (C=O) groups excluding carboxylic acids is 1. The van der Waals surface area contributed by atoms with Gasteiger partial charge in [0.1, 0.15) is 6.04 Å². The number of amides is 1. The fourth-order valence-electron chi connectivity index (χ4n) is 3.45. The molecule has 4 nitrogen and oxygen atoms in total. The van der Waals surface area contributed by atoms with Crippen molar-refractivity contribution in [3.05, 3.63) is 57.6 Å². The first-order chi connectivity index (χ1) is 12.7. The van der Waals surface area contributed by atoms with E-state index >= 15 is 0 Å². The van der Waals surface area contributed by atoms with Crippen molar-refractivity contribution in [3.8, 4) is 6.07 Å². The first-order valence-electron chi connectivity index (χ1n) is 7.79.